The summed E-state index contributed by atoms with van der Waals surface area (Å²) in [4.78, 5) is 26.4. The van der Waals surface area contributed by atoms with Gasteiger partial charge in [-0.3, -0.25) is 14.2 Å². The predicted molar refractivity (Wildman–Crippen MR) is 121 cm³/mol. The Bertz CT molecular complexity index is 1330. The summed E-state index contributed by atoms with van der Waals surface area (Å²) in [6.45, 7) is 3.87. The van der Waals surface area contributed by atoms with E-state index >= 15 is 0 Å². The Morgan fingerprint density at radius 3 is 2.41 bits per heavy atom. The SMILES string of the molecule is COc1ccc(C2CC(=O)c3cc(C#N)c(=O)n(-c4cc(C)ccc4C)c3C2)cc1OC. The first-order valence-electron chi connectivity index (χ1n) is 10.4. The van der Waals surface area contributed by atoms with Crippen LogP contribution in [0.15, 0.2) is 47.3 Å². The molecule has 0 bridgehead atoms. The summed E-state index contributed by atoms with van der Waals surface area (Å²) < 4.78 is 12.3. The molecule has 0 spiro atoms. The first kappa shape index (κ1) is 21.4. The van der Waals surface area contributed by atoms with Crippen molar-refractivity contribution in [2.24, 2.45) is 0 Å². The Morgan fingerprint density at radius 2 is 1.72 bits per heavy atom. The van der Waals surface area contributed by atoms with Gasteiger partial charge in [0, 0.05) is 17.7 Å². The molecule has 1 aliphatic carbocycles. The lowest BCUT2D eigenvalue weighted by Crippen LogP contribution is -2.32. The van der Waals surface area contributed by atoms with Gasteiger partial charge in [-0.1, -0.05) is 18.2 Å². The maximum absolute atomic E-state index is 13.3. The van der Waals surface area contributed by atoms with Crippen LogP contribution in [-0.2, 0) is 6.42 Å². The van der Waals surface area contributed by atoms with E-state index in [0.717, 1.165) is 16.7 Å². The van der Waals surface area contributed by atoms with Crippen LogP contribution in [0.2, 0.25) is 0 Å². The van der Waals surface area contributed by atoms with Gasteiger partial charge in [-0.15, -0.1) is 0 Å². The number of nitrogens with zero attached hydrogens (tertiary/aromatic N) is 2. The van der Waals surface area contributed by atoms with E-state index in [-0.39, 0.29) is 17.3 Å². The van der Waals surface area contributed by atoms with Crippen molar-refractivity contribution in [3.63, 3.8) is 0 Å². The molecule has 0 saturated heterocycles. The number of nitriles is 1. The Balaban J connectivity index is 1.92. The minimum absolute atomic E-state index is 0.0254. The second kappa shape index (κ2) is 8.35. The first-order chi connectivity index (χ1) is 15.4. The Hall–Kier alpha value is -3.85. The van der Waals surface area contributed by atoms with Gasteiger partial charge in [-0.2, -0.15) is 5.26 Å². The highest BCUT2D eigenvalue weighted by molar-refractivity contribution is 5.99. The van der Waals surface area contributed by atoms with Crippen LogP contribution in [-0.4, -0.2) is 24.6 Å². The van der Waals surface area contributed by atoms with Crippen LogP contribution in [0.5, 0.6) is 11.5 Å². The van der Waals surface area contributed by atoms with Crippen LogP contribution >= 0.6 is 0 Å². The molecule has 0 saturated carbocycles. The van der Waals surface area contributed by atoms with E-state index in [1.807, 2.05) is 56.3 Å². The number of carbonyl (C=O) groups is 1. The van der Waals surface area contributed by atoms with Crippen molar-refractivity contribution in [1.29, 1.82) is 5.26 Å². The van der Waals surface area contributed by atoms with Crippen molar-refractivity contribution in [2.75, 3.05) is 14.2 Å². The van der Waals surface area contributed by atoms with Gasteiger partial charge in [0.2, 0.25) is 0 Å². The highest BCUT2D eigenvalue weighted by Gasteiger charge is 2.31. The van der Waals surface area contributed by atoms with Gasteiger partial charge in [0.05, 0.1) is 19.9 Å². The molecule has 3 aromatic rings. The quantitative estimate of drug-likeness (QED) is 0.620. The second-order valence-electron chi connectivity index (χ2n) is 8.10. The van der Waals surface area contributed by atoms with Crippen LogP contribution in [0, 0.1) is 25.2 Å². The average molecular weight is 428 g/mol. The van der Waals surface area contributed by atoms with Crippen molar-refractivity contribution >= 4 is 5.78 Å². The van der Waals surface area contributed by atoms with Crippen LogP contribution in [0.1, 0.15) is 50.6 Å². The van der Waals surface area contributed by atoms with E-state index in [4.69, 9.17) is 9.47 Å². The normalized spacial score (nSPS) is 15.1. The second-order valence-corrected chi connectivity index (χ2v) is 8.10. The monoisotopic (exact) mass is 428 g/mol. The predicted octanol–water partition coefficient (Wildman–Crippen LogP) is 4.26. The van der Waals surface area contributed by atoms with E-state index in [2.05, 4.69) is 0 Å². The van der Waals surface area contributed by atoms with Gasteiger partial charge in [-0.05, 0) is 67.1 Å². The maximum Gasteiger partial charge on any atom is 0.273 e. The molecular formula is C26H24N2O4. The largest absolute Gasteiger partial charge is 0.493 e. The summed E-state index contributed by atoms with van der Waals surface area (Å²) in [6, 6.07) is 14.9. The number of aryl methyl sites for hydroxylation is 2. The summed E-state index contributed by atoms with van der Waals surface area (Å²) in [5.41, 5.74) is 4.18. The molecule has 0 amide bonds. The number of Topliss-reactive ketones (excluding diaryl/α,β-unsaturated/α-hetero) is 1. The van der Waals surface area contributed by atoms with Crippen molar-refractivity contribution < 1.29 is 14.3 Å². The number of carbonyl (C=O) groups excluding carboxylic acids is 1. The average Bonchev–Trinajstić information content (AvgIpc) is 2.80. The Kier molecular flexibility index (Phi) is 5.58. The summed E-state index contributed by atoms with van der Waals surface area (Å²) in [5, 5.41) is 9.54. The molecule has 6 heteroatoms. The third-order valence-electron chi connectivity index (χ3n) is 6.08. The van der Waals surface area contributed by atoms with Gasteiger partial charge in [-0.25, -0.2) is 0 Å². The maximum atomic E-state index is 13.3. The molecule has 6 nitrogen and oxygen atoms in total. The number of ketones is 1. The van der Waals surface area contributed by atoms with Gasteiger partial charge in [0.15, 0.2) is 17.3 Å². The lowest BCUT2D eigenvalue weighted by molar-refractivity contribution is 0.0962. The van der Waals surface area contributed by atoms with E-state index in [1.165, 1.54) is 6.07 Å². The molecule has 1 unspecified atom stereocenters. The third kappa shape index (κ3) is 3.56. The number of fused-ring (bicyclic) bond motifs is 1. The van der Waals surface area contributed by atoms with E-state index in [0.29, 0.717) is 41.3 Å². The number of hydrogen-bond donors (Lipinski definition) is 0. The Labute approximate surface area is 186 Å². The molecule has 4 rings (SSSR count). The minimum atomic E-state index is -0.402. The third-order valence-corrected chi connectivity index (χ3v) is 6.08. The fourth-order valence-corrected chi connectivity index (χ4v) is 4.37. The van der Waals surface area contributed by atoms with Crippen LogP contribution in [0.25, 0.3) is 5.69 Å². The van der Waals surface area contributed by atoms with Crippen molar-refractivity contribution in [2.45, 2.75) is 32.6 Å². The molecule has 1 atom stereocenters. The highest BCUT2D eigenvalue weighted by Crippen LogP contribution is 2.37. The zero-order valence-corrected chi connectivity index (χ0v) is 18.6. The smallest absolute Gasteiger partial charge is 0.273 e. The molecule has 1 heterocycles. The topological polar surface area (TPSA) is 81.3 Å². The fraction of sp³-hybridized carbons (Fsp3) is 0.269. The molecule has 2 aromatic carbocycles. The van der Waals surface area contributed by atoms with Gasteiger partial charge >= 0.3 is 0 Å². The van der Waals surface area contributed by atoms with Crippen LogP contribution < -0.4 is 15.0 Å². The number of methoxy groups -OCH3 is 2. The first-order valence-corrected chi connectivity index (χ1v) is 10.4. The molecule has 32 heavy (non-hydrogen) atoms. The number of hydrogen-bond acceptors (Lipinski definition) is 5. The van der Waals surface area contributed by atoms with Crippen LogP contribution in [0.4, 0.5) is 0 Å². The standard InChI is InChI=1S/C26H24N2O4/c1-15-5-6-16(2)21(9-15)28-22-11-18(17-7-8-24(31-3)25(13-17)32-4)12-23(29)20(22)10-19(14-27)26(28)30/h5-10,13,18H,11-12H2,1-4H3. The number of aromatic nitrogens is 1. The molecule has 0 aliphatic heterocycles. The summed E-state index contributed by atoms with van der Waals surface area (Å²) in [7, 11) is 3.15. The van der Waals surface area contributed by atoms with Crippen molar-refractivity contribution in [1.82, 2.24) is 4.57 Å². The van der Waals surface area contributed by atoms with Crippen molar-refractivity contribution in [3.8, 4) is 23.3 Å². The molecule has 1 aliphatic rings. The van der Waals surface area contributed by atoms with Gasteiger partial charge in [0.1, 0.15) is 11.6 Å². The number of pyridine rings is 1. The highest BCUT2D eigenvalue weighted by atomic mass is 16.5. The van der Waals surface area contributed by atoms with E-state index in [9.17, 15) is 14.9 Å². The molecular weight excluding hydrogens is 404 g/mol. The summed E-state index contributed by atoms with van der Waals surface area (Å²) in [5.74, 6) is 1.000. The number of rotatable bonds is 4. The fourth-order valence-electron chi connectivity index (χ4n) is 4.37. The Morgan fingerprint density at radius 1 is 0.969 bits per heavy atom. The molecule has 162 valence electrons. The summed E-state index contributed by atoms with van der Waals surface area (Å²) in [6.07, 6.45) is 0.781. The number of benzene rings is 2. The van der Waals surface area contributed by atoms with Gasteiger partial charge in [0.25, 0.3) is 5.56 Å². The lowest BCUT2D eigenvalue weighted by atomic mass is 9.81. The zero-order chi connectivity index (χ0) is 23.0. The zero-order valence-electron chi connectivity index (χ0n) is 18.6. The van der Waals surface area contributed by atoms with E-state index < -0.39 is 5.56 Å². The van der Waals surface area contributed by atoms with Crippen molar-refractivity contribution in [3.05, 3.63) is 86.3 Å². The van der Waals surface area contributed by atoms with E-state index in [1.54, 1.807) is 18.8 Å². The molecule has 0 radical (unpaired) electrons. The molecule has 0 fully saturated rings. The summed E-state index contributed by atoms with van der Waals surface area (Å²) >= 11 is 0. The van der Waals surface area contributed by atoms with Crippen LogP contribution in [0.3, 0.4) is 0 Å². The lowest BCUT2D eigenvalue weighted by Gasteiger charge is -2.28. The number of ether oxygens (including phenoxy) is 2. The minimum Gasteiger partial charge on any atom is -0.493 e. The molecule has 0 N–H and O–H groups in total. The molecule has 1 aromatic heterocycles. The van der Waals surface area contributed by atoms with Gasteiger partial charge < -0.3 is 9.47 Å².